The third kappa shape index (κ3) is 3.78. The van der Waals surface area contributed by atoms with Crippen LogP contribution in [-0.2, 0) is 0 Å². The van der Waals surface area contributed by atoms with Crippen LogP contribution in [0.2, 0.25) is 0 Å². The standard InChI is InChI=1S/C16H18F3N5O2/c1-8-11(15-21-6-7-26-15)24-13(20)12(22-8)14(25)23-10-4-2-9(3-5-10)16(17,18)19/h6-7,9-10H,2-5H2,1H3,(H2,20,24)(H,23,25)/t9-,10+. The fraction of sp³-hybridized carbons (Fsp3) is 0.500. The fourth-order valence-corrected chi connectivity index (χ4v) is 3.06. The highest BCUT2D eigenvalue weighted by Gasteiger charge is 2.41. The molecule has 140 valence electrons. The Hall–Kier alpha value is -2.65. The van der Waals surface area contributed by atoms with E-state index in [-0.39, 0.29) is 49.1 Å². The number of aryl methyl sites for hydroxylation is 1. The molecule has 1 aliphatic carbocycles. The minimum atomic E-state index is -4.18. The maximum atomic E-state index is 12.7. The van der Waals surface area contributed by atoms with Crippen LogP contribution < -0.4 is 11.1 Å². The van der Waals surface area contributed by atoms with Crippen LogP contribution in [0.25, 0.3) is 11.6 Å². The Balaban J connectivity index is 1.68. The van der Waals surface area contributed by atoms with Gasteiger partial charge in [0.25, 0.3) is 5.91 Å². The van der Waals surface area contributed by atoms with Gasteiger partial charge < -0.3 is 15.5 Å². The van der Waals surface area contributed by atoms with E-state index < -0.39 is 18.0 Å². The summed E-state index contributed by atoms with van der Waals surface area (Å²) in [5.41, 5.74) is 6.51. The van der Waals surface area contributed by atoms with E-state index in [1.807, 2.05) is 0 Å². The molecule has 0 saturated heterocycles. The number of rotatable bonds is 3. The van der Waals surface area contributed by atoms with Crippen LogP contribution in [0.15, 0.2) is 16.9 Å². The maximum absolute atomic E-state index is 12.7. The molecule has 10 heteroatoms. The predicted molar refractivity (Wildman–Crippen MR) is 85.9 cm³/mol. The van der Waals surface area contributed by atoms with Crippen molar-refractivity contribution in [3.63, 3.8) is 0 Å². The molecule has 1 fully saturated rings. The van der Waals surface area contributed by atoms with E-state index in [9.17, 15) is 18.0 Å². The van der Waals surface area contributed by atoms with E-state index >= 15 is 0 Å². The number of halogens is 3. The number of alkyl halides is 3. The van der Waals surface area contributed by atoms with Crippen LogP contribution >= 0.6 is 0 Å². The molecule has 3 rings (SSSR count). The molecule has 2 aromatic heterocycles. The number of hydrogen-bond donors (Lipinski definition) is 2. The Morgan fingerprint density at radius 2 is 1.96 bits per heavy atom. The number of oxazole rings is 1. The number of aromatic nitrogens is 3. The van der Waals surface area contributed by atoms with Gasteiger partial charge in [-0.15, -0.1) is 0 Å². The number of nitrogens with zero attached hydrogens (tertiary/aromatic N) is 3. The number of amides is 1. The zero-order chi connectivity index (χ0) is 18.9. The van der Waals surface area contributed by atoms with Gasteiger partial charge in [-0.3, -0.25) is 4.79 Å². The molecular formula is C16H18F3N5O2. The fourth-order valence-electron chi connectivity index (χ4n) is 3.06. The van der Waals surface area contributed by atoms with Crippen molar-refractivity contribution in [2.24, 2.45) is 5.92 Å². The van der Waals surface area contributed by atoms with Gasteiger partial charge in [0, 0.05) is 6.04 Å². The quantitative estimate of drug-likeness (QED) is 0.861. The summed E-state index contributed by atoms with van der Waals surface area (Å²) >= 11 is 0. The van der Waals surface area contributed by atoms with E-state index in [1.165, 1.54) is 12.5 Å². The van der Waals surface area contributed by atoms with Gasteiger partial charge in [-0.05, 0) is 32.6 Å². The highest BCUT2D eigenvalue weighted by Crippen LogP contribution is 2.37. The van der Waals surface area contributed by atoms with Crippen molar-refractivity contribution < 1.29 is 22.4 Å². The molecule has 0 spiro atoms. The van der Waals surface area contributed by atoms with Crippen LogP contribution in [0.4, 0.5) is 19.0 Å². The lowest BCUT2D eigenvalue weighted by atomic mass is 9.85. The van der Waals surface area contributed by atoms with Crippen molar-refractivity contribution in [2.45, 2.75) is 44.8 Å². The second kappa shape index (κ2) is 6.93. The molecule has 26 heavy (non-hydrogen) atoms. The Kier molecular flexibility index (Phi) is 4.84. The number of nitrogens with two attached hydrogens (primary N) is 1. The molecule has 0 bridgehead atoms. The van der Waals surface area contributed by atoms with Gasteiger partial charge in [-0.2, -0.15) is 13.2 Å². The largest absolute Gasteiger partial charge is 0.443 e. The van der Waals surface area contributed by atoms with Gasteiger partial charge in [-0.1, -0.05) is 0 Å². The van der Waals surface area contributed by atoms with E-state index in [0.717, 1.165) is 0 Å². The summed E-state index contributed by atoms with van der Waals surface area (Å²) in [6.45, 7) is 1.64. The number of carbonyl (C=O) groups excluding carboxylic acids is 1. The number of anilines is 1. The lowest BCUT2D eigenvalue weighted by Crippen LogP contribution is -2.40. The first kappa shape index (κ1) is 18.2. The molecule has 0 unspecified atom stereocenters. The lowest BCUT2D eigenvalue weighted by molar-refractivity contribution is -0.182. The molecule has 0 aliphatic heterocycles. The van der Waals surface area contributed by atoms with Gasteiger partial charge in [0.2, 0.25) is 5.89 Å². The average molecular weight is 369 g/mol. The zero-order valence-electron chi connectivity index (χ0n) is 14.0. The smallest absolute Gasteiger partial charge is 0.391 e. The SMILES string of the molecule is Cc1nc(C(=O)N[C@H]2CC[C@@H](C(F)(F)F)CC2)c(N)nc1-c1ncco1. The van der Waals surface area contributed by atoms with Crippen molar-refractivity contribution in [3.05, 3.63) is 23.8 Å². The summed E-state index contributed by atoms with van der Waals surface area (Å²) in [6, 6.07) is -0.339. The molecule has 0 radical (unpaired) electrons. The molecule has 3 N–H and O–H groups in total. The van der Waals surface area contributed by atoms with Crippen LogP contribution in [0.1, 0.15) is 41.9 Å². The van der Waals surface area contributed by atoms with E-state index in [0.29, 0.717) is 11.4 Å². The number of nitrogens with one attached hydrogen (secondary N) is 1. The van der Waals surface area contributed by atoms with Gasteiger partial charge in [-0.25, -0.2) is 15.0 Å². The normalized spacial score (nSPS) is 20.8. The van der Waals surface area contributed by atoms with Crippen molar-refractivity contribution in [3.8, 4) is 11.6 Å². The zero-order valence-corrected chi connectivity index (χ0v) is 14.0. The van der Waals surface area contributed by atoms with E-state index in [4.69, 9.17) is 10.2 Å². The third-order valence-corrected chi connectivity index (χ3v) is 4.47. The highest BCUT2D eigenvalue weighted by molar-refractivity contribution is 5.96. The molecule has 1 saturated carbocycles. The summed E-state index contributed by atoms with van der Waals surface area (Å²) < 4.78 is 43.3. The first-order chi connectivity index (χ1) is 12.3. The van der Waals surface area contributed by atoms with Crippen molar-refractivity contribution >= 4 is 11.7 Å². The number of nitrogen functional groups attached to an aromatic ring is 1. The van der Waals surface area contributed by atoms with Crippen LogP contribution in [0, 0.1) is 12.8 Å². The van der Waals surface area contributed by atoms with E-state index in [2.05, 4.69) is 20.3 Å². The second-order valence-corrected chi connectivity index (χ2v) is 6.29. The summed E-state index contributed by atoms with van der Waals surface area (Å²) in [4.78, 5) is 24.7. The molecular weight excluding hydrogens is 351 g/mol. The Bertz CT molecular complexity index is 784. The van der Waals surface area contributed by atoms with Gasteiger partial charge >= 0.3 is 6.18 Å². The minimum absolute atomic E-state index is 0.00225. The molecule has 1 amide bonds. The number of carbonyl (C=O) groups is 1. The average Bonchev–Trinajstić information content (AvgIpc) is 3.10. The second-order valence-electron chi connectivity index (χ2n) is 6.29. The summed E-state index contributed by atoms with van der Waals surface area (Å²) in [6.07, 6.45) is -0.838. The summed E-state index contributed by atoms with van der Waals surface area (Å²) in [5.74, 6) is -1.71. The third-order valence-electron chi connectivity index (χ3n) is 4.47. The predicted octanol–water partition coefficient (Wildman–Crippen LogP) is 2.87. The van der Waals surface area contributed by atoms with Crippen molar-refractivity contribution in [1.29, 1.82) is 0 Å². The van der Waals surface area contributed by atoms with Crippen LogP contribution in [-0.4, -0.2) is 33.1 Å². The number of hydrogen-bond acceptors (Lipinski definition) is 6. The summed E-state index contributed by atoms with van der Waals surface area (Å²) in [5, 5.41) is 2.70. The Morgan fingerprint density at radius 1 is 1.27 bits per heavy atom. The van der Waals surface area contributed by atoms with Crippen LogP contribution in [0.3, 0.4) is 0 Å². The first-order valence-corrected chi connectivity index (χ1v) is 8.17. The van der Waals surface area contributed by atoms with Crippen LogP contribution in [0.5, 0.6) is 0 Å². The van der Waals surface area contributed by atoms with Crippen molar-refractivity contribution in [2.75, 3.05) is 5.73 Å². The molecule has 7 nitrogen and oxygen atoms in total. The highest BCUT2D eigenvalue weighted by atomic mass is 19.4. The van der Waals surface area contributed by atoms with Crippen molar-refractivity contribution in [1.82, 2.24) is 20.3 Å². The molecule has 2 aromatic rings. The molecule has 2 heterocycles. The minimum Gasteiger partial charge on any atom is -0.443 e. The van der Waals surface area contributed by atoms with Gasteiger partial charge in [0.15, 0.2) is 11.5 Å². The molecule has 0 atom stereocenters. The Morgan fingerprint density at radius 3 is 2.54 bits per heavy atom. The Labute approximate surface area is 147 Å². The lowest BCUT2D eigenvalue weighted by Gasteiger charge is -2.30. The van der Waals surface area contributed by atoms with E-state index in [1.54, 1.807) is 6.92 Å². The van der Waals surface area contributed by atoms with Gasteiger partial charge in [0.05, 0.1) is 17.8 Å². The molecule has 1 aliphatic rings. The maximum Gasteiger partial charge on any atom is 0.391 e. The molecule has 0 aromatic carbocycles. The first-order valence-electron chi connectivity index (χ1n) is 8.17. The monoisotopic (exact) mass is 369 g/mol. The topological polar surface area (TPSA) is 107 Å². The summed E-state index contributed by atoms with van der Waals surface area (Å²) in [7, 11) is 0. The van der Waals surface area contributed by atoms with Gasteiger partial charge in [0.1, 0.15) is 12.0 Å².